The lowest BCUT2D eigenvalue weighted by atomic mass is 9.97. The number of nitrogens with zero attached hydrogens (tertiary/aromatic N) is 7. The highest BCUT2D eigenvalue weighted by atomic mass is 32.1. The van der Waals surface area contributed by atoms with Gasteiger partial charge in [0.2, 0.25) is 5.82 Å². The first-order valence-corrected chi connectivity index (χ1v) is 8.29. The zero-order valence-corrected chi connectivity index (χ0v) is 13.1. The quantitative estimate of drug-likeness (QED) is 0.534. The van der Waals surface area contributed by atoms with Gasteiger partial charge in [-0.25, -0.2) is 0 Å². The van der Waals surface area contributed by atoms with Crippen LogP contribution < -0.4 is 4.90 Å². The predicted octanol–water partition coefficient (Wildman–Crippen LogP) is 1.81. The number of nitro groups is 1. The summed E-state index contributed by atoms with van der Waals surface area (Å²) in [6.45, 7) is 2.38. The lowest BCUT2D eigenvalue weighted by Crippen LogP contribution is -2.35. The van der Waals surface area contributed by atoms with Crippen LogP contribution in [0.1, 0.15) is 12.8 Å². The van der Waals surface area contributed by atoms with E-state index in [1.165, 1.54) is 11.3 Å². The Morgan fingerprint density at radius 2 is 2.17 bits per heavy atom. The third-order valence-electron chi connectivity index (χ3n) is 4.22. The molecule has 120 valence electrons. The van der Waals surface area contributed by atoms with Crippen LogP contribution in [0.15, 0.2) is 24.0 Å². The van der Waals surface area contributed by atoms with E-state index in [9.17, 15) is 10.1 Å². The van der Waals surface area contributed by atoms with Gasteiger partial charge in [-0.15, -0.1) is 5.10 Å². The SMILES string of the molecule is O=[N+]([O-])c1c(N2CCC(Cn3ccnn3)CC2)nc2sccn12. The van der Waals surface area contributed by atoms with Crippen molar-refractivity contribution in [2.24, 2.45) is 5.92 Å². The van der Waals surface area contributed by atoms with Crippen molar-refractivity contribution in [2.45, 2.75) is 19.4 Å². The van der Waals surface area contributed by atoms with Crippen LogP contribution in [0, 0.1) is 16.0 Å². The molecule has 9 nitrogen and oxygen atoms in total. The van der Waals surface area contributed by atoms with Crippen LogP contribution in [0.5, 0.6) is 0 Å². The molecule has 0 unspecified atom stereocenters. The summed E-state index contributed by atoms with van der Waals surface area (Å²) in [4.78, 5) is 18.2. The number of hydrogen-bond acceptors (Lipinski definition) is 7. The minimum atomic E-state index is -0.344. The predicted molar refractivity (Wildman–Crippen MR) is 84.7 cm³/mol. The van der Waals surface area contributed by atoms with Gasteiger partial charge in [-0.3, -0.25) is 4.68 Å². The van der Waals surface area contributed by atoms with Gasteiger partial charge in [0.1, 0.15) is 6.20 Å². The van der Waals surface area contributed by atoms with Gasteiger partial charge in [-0.05, 0) is 23.7 Å². The molecule has 0 saturated carbocycles. The summed E-state index contributed by atoms with van der Waals surface area (Å²) in [5.74, 6) is 1.06. The molecule has 1 aliphatic rings. The average Bonchev–Trinajstić information content (AvgIpc) is 3.23. The maximum Gasteiger partial charge on any atom is 0.373 e. The second kappa shape index (κ2) is 5.61. The standard InChI is InChI=1S/C13H15N7O2S/c21-20(22)12-11(15-13-19(12)7-8-23-13)17-4-1-10(2-5-17)9-18-6-3-14-16-18/h3,6-8,10H,1-2,4-5,9H2. The Balaban J connectivity index is 1.51. The van der Waals surface area contributed by atoms with Crippen LogP contribution in [0.3, 0.4) is 0 Å². The van der Waals surface area contributed by atoms with Crippen LogP contribution >= 0.6 is 11.3 Å². The van der Waals surface area contributed by atoms with E-state index >= 15 is 0 Å². The van der Waals surface area contributed by atoms with Crippen molar-refractivity contribution in [1.29, 1.82) is 0 Å². The van der Waals surface area contributed by atoms with Crippen molar-refractivity contribution in [3.8, 4) is 0 Å². The van der Waals surface area contributed by atoms with Crippen molar-refractivity contribution in [3.63, 3.8) is 0 Å². The Morgan fingerprint density at radius 1 is 1.35 bits per heavy atom. The van der Waals surface area contributed by atoms with E-state index in [1.54, 1.807) is 16.8 Å². The molecule has 0 radical (unpaired) electrons. The Kier molecular flexibility index (Phi) is 3.45. The zero-order chi connectivity index (χ0) is 15.8. The molecule has 0 bridgehead atoms. The van der Waals surface area contributed by atoms with Crippen molar-refractivity contribution < 1.29 is 4.92 Å². The highest BCUT2D eigenvalue weighted by molar-refractivity contribution is 7.15. The highest BCUT2D eigenvalue weighted by Gasteiger charge is 2.30. The van der Waals surface area contributed by atoms with Gasteiger partial charge in [0.05, 0.1) is 6.20 Å². The molecule has 0 atom stereocenters. The van der Waals surface area contributed by atoms with Crippen LogP contribution in [-0.2, 0) is 6.54 Å². The molecule has 0 amide bonds. The number of rotatable bonds is 4. The topological polar surface area (TPSA) is 94.4 Å². The largest absolute Gasteiger partial charge is 0.373 e. The molecule has 0 aromatic carbocycles. The third-order valence-corrected chi connectivity index (χ3v) is 4.98. The average molecular weight is 333 g/mol. The maximum absolute atomic E-state index is 11.4. The fourth-order valence-corrected chi connectivity index (χ4v) is 3.77. The normalized spacial score (nSPS) is 16.3. The van der Waals surface area contributed by atoms with Crippen molar-refractivity contribution in [1.82, 2.24) is 24.4 Å². The summed E-state index contributed by atoms with van der Waals surface area (Å²) >= 11 is 1.41. The van der Waals surface area contributed by atoms with E-state index in [0.717, 1.165) is 32.5 Å². The Bertz CT molecular complexity index is 817. The third kappa shape index (κ3) is 2.54. The van der Waals surface area contributed by atoms with Crippen LogP contribution in [0.4, 0.5) is 11.6 Å². The number of hydrogen-bond donors (Lipinski definition) is 0. The molecular formula is C13H15N7O2S. The fourth-order valence-electron chi connectivity index (χ4n) is 3.07. The second-order valence-corrected chi connectivity index (χ2v) is 6.50. The lowest BCUT2D eigenvalue weighted by molar-refractivity contribution is -0.389. The molecule has 0 aliphatic carbocycles. The maximum atomic E-state index is 11.4. The smallest absolute Gasteiger partial charge is 0.358 e. The number of thiazole rings is 1. The van der Waals surface area contributed by atoms with Gasteiger partial charge in [0.15, 0.2) is 0 Å². The summed E-state index contributed by atoms with van der Waals surface area (Å²) in [6, 6.07) is 0. The summed E-state index contributed by atoms with van der Waals surface area (Å²) in [5.41, 5.74) is 0. The molecule has 0 N–H and O–H groups in total. The van der Waals surface area contributed by atoms with Crippen LogP contribution in [0.2, 0.25) is 0 Å². The minimum Gasteiger partial charge on any atom is -0.358 e. The molecule has 1 fully saturated rings. The summed E-state index contributed by atoms with van der Waals surface area (Å²) in [6.07, 6.45) is 7.16. The van der Waals surface area contributed by atoms with Crippen molar-refractivity contribution in [2.75, 3.05) is 18.0 Å². The lowest BCUT2D eigenvalue weighted by Gasteiger charge is -2.31. The first kappa shape index (κ1) is 14.1. The molecule has 3 aromatic heterocycles. The van der Waals surface area contributed by atoms with E-state index in [0.29, 0.717) is 16.7 Å². The van der Waals surface area contributed by atoms with Gasteiger partial charge < -0.3 is 15.0 Å². The molecule has 3 aromatic rings. The number of anilines is 1. The first-order chi connectivity index (χ1) is 11.2. The second-order valence-electron chi connectivity index (χ2n) is 5.63. The highest BCUT2D eigenvalue weighted by Crippen LogP contribution is 2.33. The Hall–Kier alpha value is -2.49. The van der Waals surface area contributed by atoms with Gasteiger partial charge in [0.25, 0.3) is 4.96 Å². The summed E-state index contributed by atoms with van der Waals surface area (Å²) in [5, 5.41) is 21.0. The molecule has 23 heavy (non-hydrogen) atoms. The molecule has 1 saturated heterocycles. The number of aromatic nitrogens is 5. The Labute approximate surface area is 135 Å². The van der Waals surface area contributed by atoms with E-state index in [4.69, 9.17) is 0 Å². The van der Waals surface area contributed by atoms with Crippen LogP contribution in [-0.4, -0.2) is 42.4 Å². The molecule has 1 aliphatic heterocycles. The van der Waals surface area contributed by atoms with Gasteiger partial charge >= 0.3 is 5.82 Å². The van der Waals surface area contributed by atoms with Crippen molar-refractivity contribution >= 4 is 27.9 Å². The number of fused-ring (bicyclic) bond motifs is 1. The Morgan fingerprint density at radius 3 is 2.87 bits per heavy atom. The van der Waals surface area contributed by atoms with E-state index in [1.807, 2.05) is 21.2 Å². The molecule has 0 spiro atoms. The van der Waals surface area contributed by atoms with Gasteiger partial charge in [0, 0.05) is 31.2 Å². The van der Waals surface area contributed by atoms with E-state index in [2.05, 4.69) is 15.3 Å². The number of piperidine rings is 1. The van der Waals surface area contributed by atoms with Gasteiger partial charge in [-0.1, -0.05) is 16.6 Å². The van der Waals surface area contributed by atoms with Crippen LogP contribution in [0.25, 0.3) is 4.96 Å². The summed E-state index contributed by atoms with van der Waals surface area (Å²) in [7, 11) is 0. The minimum absolute atomic E-state index is 0.0657. The molecule has 10 heteroatoms. The molecule has 4 heterocycles. The molecule has 4 rings (SSSR count). The van der Waals surface area contributed by atoms with Gasteiger partial charge in [-0.2, -0.15) is 9.38 Å². The monoisotopic (exact) mass is 333 g/mol. The molecular weight excluding hydrogens is 318 g/mol. The van der Waals surface area contributed by atoms with E-state index < -0.39 is 0 Å². The fraction of sp³-hybridized carbons (Fsp3) is 0.462. The van der Waals surface area contributed by atoms with E-state index in [-0.39, 0.29) is 10.7 Å². The number of imidazole rings is 1. The summed E-state index contributed by atoms with van der Waals surface area (Å²) < 4.78 is 3.40. The zero-order valence-electron chi connectivity index (χ0n) is 12.3. The first-order valence-electron chi connectivity index (χ1n) is 7.41. The van der Waals surface area contributed by atoms with Crippen molar-refractivity contribution in [3.05, 3.63) is 34.1 Å².